The Bertz CT molecular complexity index is 234. The van der Waals surface area contributed by atoms with Crippen LogP contribution >= 0.6 is 0 Å². The maximum Gasteiger partial charge on any atom is 0.110 e. The Morgan fingerprint density at radius 1 is 1.54 bits per heavy atom. The van der Waals surface area contributed by atoms with Gasteiger partial charge >= 0.3 is 0 Å². The quantitative estimate of drug-likeness (QED) is 0.478. The largest absolute Gasteiger partial charge is 0.375 e. The molecule has 2 fully saturated rings. The SMILES string of the molecule is C1=CC2(COCC3CO3)CCC1O2. The first-order chi connectivity index (χ1) is 6.36. The minimum atomic E-state index is -0.0838. The van der Waals surface area contributed by atoms with Crippen molar-refractivity contribution < 1.29 is 14.2 Å². The van der Waals surface area contributed by atoms with Crippen molar-refractivity contribution in [2.45, 2.75) is 30.7 Å². The zero-order valence-electron chi connectivity index (χ0n) is 7.57. The number of epoxide rings is 1. The molecular weight excluding hydrogens is 168 g/mol. The third-order valence-electron chi connectivity index (χ3n) is 2.91. The predicted octanol–water partition coefficient (Wildman–Crippen LogP) is 0.889. The molecule has 72 valence electrons. The molecule has 2 saturated heterocycles. The summed E-state index contributed by atoms with van der Waals surface area (Å²) < 4.78 is 16.4. The highest BCUT2D eigenvalue weighted by Crippen LogP contribution is 2.38. The second-order valence-corrected chi connectivity index (χ2v) is 4.09. The normalized spacial score (nSPS) is 45.8. The van der Waals surface area contributed by atoms with Gasteiger partial charge in [-0.1, -0.05) is 12.2 Å². The van der Waals surface area contributed by atoms with Crippen LogP contribution in [0.15, 0.2) is 12.2 Å². The van der Waals surface area contributed by atoms with Gasteiger partial charge in [0.2, 0.25) is 0 Å². The van der Waals surface area contributed by atoms with Gasteiger partial charge < -0.3 is 14.2 Å². The molecule has 3 unspecified atom stereocenters. The van der Waals surface area contributed by atoms with Crippen LogP contribution in [0.2, 0.25) is 0 Å². The molecule has 3 aliphatic rings. The topological polar surface area (TPSA) is 31.0 Å². The molecule has 0 amide bonds. The molecule has 3 heteroatoms. The standard InChI is InChI=1S/C10H14O3/c1-3-10(4-2-8(1)13-10)7-11-5-9-6-12-9/h1,3,8-9H,2,4-7H2. The van der Waals surface area contributed by atoms with Gasteiger partial charge in [0.05, 0.1) is 25.9 Å². The van der Waals surface area contributed by atoms with E-state index in [-0.39, 0.29) is 5.60 Å². The van der Waals surface area contributed by atoms with Crippen LogP contribution in [-0.4, -0.2) is 37.6 Å². The second-order valence-electron chi connectivity index (χ2n) is 4.09. The van der Waals surface area contributed by atoms with Crippen molar-refractivity contribution in [2.24, 2.45) is 0 Å². The smallest absolute Gasteiger partial charge is 0.110 e. The van der Waals surface area contributed by atoms with Gasteiger partial charge in [0.25, 0.3) is 0 Å². The summed E-state index contributed by atoms with van der Waals surface area (Å²) in [5.74, 6) is 0. The molecule has 0 aromatic heterocycles. The fourth-order valence-electron chi connectivity index (χ4n) is 2.03. The van der Waals surface area contributed by atoms with E-state index in [4.69, 9.17) is 14.2 Å². The minimum Gasteiger partial charge on any atom is -0.375 e. The number of hydrogen-bond donors (Lipinski definition) is 0. The highest BCUT2D eigenvalue weighted by molar-refractivity contribution is 5.17. The van der Waals surface area contributed by atoms with Crippen LogP contribution in [0.4, 0.5) is 0 Å². The van der Waals surface area contributed by atoms with Crippen LogP contribution < -0.4 is 0 Å². The average molecular weight is 182 g/mol. The lowest BCUT2D eigenvalue weighted by Crippen LogP contribution is -2.30. The van der Waals surface area contributed by atoms with E-state index in [1.54, 1.807) is 0 Å². The van der Waals surface area contributed by atoms with Gasteiger partial charge in [0.1, 0.15) is 11.7 Å². The van der Waals surface area contributed by atoms with Crippen molar-refractivity contribution in [1.29, 1.82) is 0 Å². The molecule has 3 atom stereocenters. The molecule has 3 rings (SSSR count). The third kappa shape index (κ3) is 1.52. The molecule has 0 saturated carbocycles. The van der Waals surface area contributed by atoms with E-state index in [0.29, 0.717) is 18.8 Å². The summed E-state index contributed by atoms with van der Waals surface area (Å²) >= 11 is 0. The molecule has 0 aromatic carbocycles. The molecule has 0 aromatic rings. The lowest BCUT2D eigenvalue weighted by atomic mass is 9.96. The summed E-state index contributed by atoms with van der Waals surface area (Å²) in [5, 5.41) is 0. The fraction of sp³-hybridized carbons (Fsp3) is 0.800. The number of hydrogen-bond acceptors (Lipinski definition) is 3. The van der Waals surface area contributed by atoms with E-state index in [9.17, 15) is 0 Å². The molecule has 0 aliphatic carbocycles. The van der Waals surface area contributed by atoms with E-state index in [0.717, 1.165) is 26.1 Å². The van der Waals surface area contributed by atoms with Crippen LogP contribution in [0.1, 0.15) is 12.8 Å². The minimum absolute atomic E-state index is 0.0838. The first-order valence-corrected chi connectivity index (χ1v) is 4.93. The van der Waals surface area contributed by atoms with Crippen molar-refractivity contribution in [3.8, 4) is 0 Å². The fourth-order valence-corrected chi connectivity index (χ4v) is 2.03. The zero-order chi connectivity index (χ0) is 8.73. The van der Waals surface area contributed by atoms with Gasteiger partial charge in [-0.3, -0.25) is 0 Å². The Labute approximate surface area is 77.7 Å². The Hall–Kier alpha value is -0.380. The van der Waals surface area contributed by atoms with E-state index < -0.39 is 0 Å². The van der Waals surface area contributed by atoms with Gasteiger partial charge in [-0.15, -0.1) is 0 Å². The molecule has 13 heavy (non-hydrogen) atoms. The van der Waals surface area contributed by atoms with E-state index in [1.807, 2.05) is 0 Å². The molecule has 3 aliphatic heterocycles. The van der Waals surface area contributed by atoms with Crippen molar-refractivity contribution in [3.05, 3.63) is 12.2 Å². The Kier molecular flexibility index (Phi) is 1.72. The van der Waals surface area contributed by atoms with Crippen molar-refractivity contribution in [1.82, 2.24) is 0 Å². The highest BCUT2D eigenvalue weighted by Gasteiger charge is 2.42. The third-order valence-corrected chi connectivity index (χ3v) is 2.91. The number of ether oxygens (including phenoxy) is 3. The highest BCUT2D eigenvalue weighted by atomic mass is 16.6. The maximum atomic E-state index is 5.79. The van der Waals surface area contributed by atoms with E-state index in [2.05, 4.69) is 12.2 Å². The van der Waals surface area contributed by atoms with E-state index in [1.165, 1.54) is 0 Å². The molecule has 3 nitrogen and oxygen atoms in total. The number of fused-ring (bicyclic) bond motifs is 2. The molecule has 0 spiro atoms. The van der Waals surface area contributed by atoms with Crippen LogP contribution in [0.5, 0.6) is 0 Å². The summed E-state index contributed by atoms with van der Waals surface area (Å²) in [6.07, 6.45) is 7.30. The van der Waals surface area contributed by atoms with Gasteiger partial charge in [-0.2, -0.15) is 0 Å². The monoisotopic (exact) mass is 182 g/mol. The number of rotatable bonds is 4. The summed E-state index contributed by atoms with van der Waals surface area (Å²) in [6, 6.07) is 0. The van der Waals surface area contributed by atoms with Crippen LogP contribution in [-0.2, 0) is 14.2 Å². The van der Waals surface area contributed by atoms with Crippen molar-refractivity contribution in [2.75, 3.05) is 19.8 Å². The Morgan fingerprint density at radius 2 is 2.46 bits per heavy atom. The van der Waals surface area contributed by atoms with Crippen molar-refractivity contribution >= 4 is 0 Å². The summed E-state index contributed by atoms with van der Waals surface area (Å²) in [6.45, 7) is 2.29. The second kappa shape index (κ2) is 2.80. The molecular formula is C10H14O3. The van der Waals surface area contributed by atoms with Gasteiger partial charge in [-0.25, -0.2) is 0 Å². The lowest BCUT2D eigenvalue weighted by molar-refractivity contribution is -0.0395. The summed E-state index contributed by atoms with van der Waals surface area (Å²) in [7, 11) is 0. The average Bonchev–Trinajstić information content (AvgIpc) is 2.77. The Morgan fingerprint density at radius 3 is 3.00 bits per heavy atom. The molecule has 0 N–H and O–H groups in total. The van der Waals surface area contributed by atoms with Crippen LogP contribution in [0, 0.1) is 0 Å². The zero-order valence-corrected chi connectivity index (χ0v) is 7.57. The van der Waals surface area contributed by atoms with Crippen LogP contribution in [0.3, 0.4) is 0 Å². The maximum absolute atomic E-state index is 5.79. The summed E-state index contributed by atoms with van der Waals surface area (Å²) in [4.78, 5) is 0. The molecule has 2 bridgehead atoms. The van der Waals surface area contributed by atoms with Crippen molar-refractivity contribution in [3.63, 3.8) is 0 Å². The van der Waals surface area contributed by atoms with Crippen LogP contribution in [0.25, 0.3) is 0 Å². The van der Waals surface area contributed by atoms with E-state index >= 15 is 0 Å². The first kappa shape index (κ1) is 7.97. The van der Waals surface area contributed by atoms with Gasteiger partial charge in [-0.05, 0) is 12.8 Å². The Balaban J connectivity index is 1.50. The predicted molar refractivity (Wildman–Crippen MR) is 46.5 cm³/mol. The lowest BCUT2D eigenvalue weighted by Gasteiger charge is -2.21. The summed E-state index contributed by atoms with van der Waals surface area (Å²) in [5.41, 5.74) is -0.0838. The van der Waals surface area contributed by atoms with Gasteiger partial charge in [0, 0.05) is 0 Å². The van der Waals surface area contributed by atoms with Gasteiger partial charge in [0.15, 0.2) is 0 Å². The molecule has 0 radical (unpaired) electrons. The first-order valence-electron chi connectivity index (χ1n) is 4.93. The molecule has 3 heterocycles.